The van der Waals surface area contributed by atoms with Gasteiger partial charge in [0, 0.05) is 0 Å². The third-order valence-corrected chi connectivity index (χ3v) is 1.45. The lowest BCUT2D eigenvalue weighted by Gasteiger charge is -1.82. The van der Waals surface area contributed by atoms with E-state index in [2.05, 4.69) is 6.58 Å². The Labute approximate surface area is 46.0 Å². The second-order valence-corrected chi connectivity index (χ2v) is 2.18. The second-order valence-electron chi connectivity index (χ2n) is 2.18. The first kappa shape index (κ1) is 4.95. The molecule has 1 aliphatic rings. The van der Waals surface area contributed by atoms with E-state index < -0.39 is 0 Å². The highest BCUT2D eigenvalue weighted by atomic mass is 14.3. The zero-order valence-corrected chi connectivity index (χ0v) is 4.43. The van der Waals surface area contributed by atoms with Crippen LogP contribution in [0.4, 0.5) is 0 Å². The highest BCUT2D eigenvalue weighted by Crippen LogP contribution is 2.44. The van der Waals surface area contributed by atoms with Crippen molar-refractivity contribution in [2.24, 2.45) is 5.92 Å². The van der Waals surface area contributed by atoms with Crippen LogP contribution in [0.1, 0.15) is 12.8 Å². The molecule has 0 N–H and O–H groups in total. The van der Waals surface area contributed by atoms with Crippen LogP contribution in [0.2, 0.25) is 5.82 Å². The van der Waals surface area contributed by atoms with Crippen molar-refractivity contribution in [1.29, 1.82) is 0 Å². The number of allylic oxidation sites excluding steroid dienone is 1. The number of rotatable bonds is 2. The molecule has 1 saturated carbocycles. The van der Waals surface area contributed by atoms with Crippen molar-refractivity contribution in [1.82, 2.24) is 0 Å². The van der Waals surface area contributed by atoms with Gasteiger partial charge in [0.15, 0.2) is 0 Å². The molecule has 1 heteroatoms. The Morgan fingerprint density at radius 3 is 2.57 bits per heavy atom. The Balaban J connectivity index is 2.08. The lowest BCUT2D eigenvalue weighted by atomic mass is 9.99. The van der Waals surface area contributed by atoms with E-state index in [1.165, 1.54) is 6.42 Å². The maximum Gasteiger partial charge on any atom is 0.0703 e. The van der Waals surface area contributed by atoms with Crippen LogP contribution in [0.5, 0.6) is 0 Å². The Bertz CT molecular complexity index is 78.2. The first-order valence-electron chi connectivity index (χ1n) is 2.71. The largest absolute Gasteiger partial charge is 0.103 e. The molecule has 0 aromatic heterocycles. The lowest BCUT2D eigenvalue weighted by molar-refractivity contribution is 0.864. The van der Waals surface area contributed by atoms with Gasteiger partial charge in [-0.3, -0.25) is 0 Å². The summed E-state index contributed by atoms with van der Waals surface area (Å²) < 4.78 is 0. The maximum atomic E-state index is 5.50. The molecular weight excluding hydrogens is 82.9 g/mol. The van der Waals surface area contributed by atoms with E-state index in [-0.39, 0.29) is 0 Å². The van der Waals surface area contributed by atoms with Crippen LogP contribution >= 0.6 is 0 Å². The molecule has 36 valence electrons. The first-order valence-corrected chi connectivity index (χ1v) is 2.71. The fourth-order valence-electron chi connectivity index (χ4n) is 0.756. The van der Waals surface area contributed by atoms with Crippen molar-refractivity contribution in [3.8, 4) is 0 Å². The van der Waals surface area contributed by atoms with E-state index in [4.69, 9.17) is 7.85 Å². The van der Waals surface area contributed by atoms with Crippen LogP contribution in [0.3, 0.4) is 0 Å². The Kier molecular flexibility index (Phi) is 1.22. The minimum Gasteiger partial charge on any atom is -0.103 e. The second kappa shape index (κ2) is 1.73. The van der Waals surface area contributed by atoms with Gasteiger partial charge in [0.05, 0.1) is 7.85 Å². The molecule has 0 bridgehead atoms. The van der Waals surface area contributed by atoms with Crippen molar-refractivity contribution in [2.75, 3.05) is 0 Å². The minimum absolute atomic E-state index is 0.498. The monoisotopic (exact) mass is 92.1 g/mol. The van der Waals surface area contributed by atoms with Crippen LogP contribution in [-0.4, -0.2) is 7.85 Å². The summed E-state index contributed by atoms with van der Waals surface area (Å²) in [7, 11) is 5.50. The topological polar surface area (TPSA) is 0 Å². The van der Waals surface area contributed by atoms with E-state index in [0.29, 0.717) is 5.82 Å². The van der Waals surface area contributed by atoms with Gasteiger partial charge in [-0.25, -0.2) is 0 Å². The molecule has 2 unspecified atom stereocenters. The van der Waals surface area contributed by atoms with E-state index in [9.17, 15) is 0 Å². The summed E-state index contributed by atoms with van der Waals surface area (Å²) in [5.41, 5.74) is 0. The summed E-state index contributed by atoms with van der Waals surface area (Å²) in [6.45, 7) is 3.62. The highest BCUT2D eigenvalue weighted by molar-refractivity contribution is 6.13. The van der Waals surface area contributed by atoms with Crippen LogP contribution in [-0.2, 0) is 0 Å². The van der Waals surface area contributed by atoms with Crippen LogP contribution < -0.4 is 0 Å². The molecule has 0 aliphatic heterocycles. The third-order valence-electron chi connectivity index (χ3n) is 1.45. The maximum absolute atomic E-state index is 5.50. The van der Waals surface area contributed by atoms with Gasteiger partial charge < -0.3 is 0 Å². The molecule has 1 fully saturated rings. The van der Waals surface area contributed by atoms with Gasteiger partial charge in [0.25, 0.3) is 0 Å². The van der Waals surface area contributed by atoms with Crippen molar-refractivity contribution in [3.63, 3.8) is 0 Å². The summed E-state index contributed by atoms with van der Waals surface area (Å²) in [5.74, 6) is 1.27. The molecule has 0 aromatic carbocycles. The van der Waals surface area contributed by atoms with Gasteiger partial charge in [0.1, 0.15) is 0 Å². The van der Waals surface area contributed by atoms with Gasteiger partial charge in [-0.1, -0.05) is 18.3 Å². The van der Waals surface area contributed by atoms with Crippen LogP contribution in [0.15, 0.2) is 12.7 Å². The molecule has 7 heavy (non-hydrogen) atoms. The molecule has 0 amide bonds. The van der Waals surface area contributed by atoms with E-state index in [0.717, 1.165) is 12.3 Å². The minimum atomic E-state index is 0.498. The molecule has 1 aliphatic carbocycles. The molecule has 1 rings (SSSR count). The summed E-state index contributed by atoms with van der Waals surface area (Å²) in [6.07, 6.45) is 4.27. The predicted molar refractivity (Wildman–Crippen MR) is 32.4 cm³/mol. The standard InChI is InChI=1S/C6H9B/c1-2-3-5-4-6(5)7/h2,5-6H,1,3-4H2. The highest BCUT2D eigenvalue weighted by Gasteiger charge is 2.29. The smallest absolute Gasteiger partial charge is 0.0703 e. The van der Waals surface area contributed by atoms with Crippen molar-refractivity contribution in [3.05, 3.63) is 12.7 Å². The van der Waals surface area contributed by atoms with Crippen LogP contribution in [0, 0.1) is 5.92 Å². The van der Waals surface area contributed by atoms with Gasteiger partial charge in [0.2, 0.25) is 0 Å². The van der Waals surface area contributed by atoms with Crippen molar-refractivity contribution >= 4 is 7.85 Å². The summed E-state index contributed by atoms with van der Waals surface area (Å²) in [5, 5.41) is 0. The molecule has 0 nitrogen and oxygen atoms in total. The average Bonchev–Trinajstić information content (AvgIpc) is 2.22. The summed E-state index contributed by atoms with van der Waals surface area (Å²) in [4.78, 5) is 0. The van der Waals surface area contributed by atoms with Crippen LogP contribution in [0.25, 0.3) is 0 Å². The van der Waals surface area contributed by atoms with Crippen molar-refractivity contribution < 1.29 is 0 Å². The first-order chi connectivity index (χ1) is 3.34. The number of hydrogen-bond acceptors (Lipinski definition) is 0. The molecule has 0 spiro atoms. The molecule has 2 atom stereocenters. The van der Waals surface area contributed by atoms with E-state index >= 15 is 0 Å². The van der Waals surface area contributed by atoms with E-state index in [1.807, 2.05) is 6.08 Å². The van der Waals surface area contributed by atoms with E-state index in [1.54, 1.807) is 0 Å². The zero-order chi connectivity index (χ0) is 5.28. The third kappa shape index (κ3) is 1.08. The van der Waals surface area contributed by atoms with Crippen molar-refractivity contribution in [2.45, 2.75) is 18.7 Å². The number of hydrogen-bond donors (Lipinski definition) is 0. The summed E-state index contributed by atoms with van der Waals surface area (Å²) >= 11 is 0. The molecule has 0 aromatic rings. The fourth-order valence-corrected chi connectivity index (χ4v) is 0.756. The lowest BCUT2D eigenvalue weighted by Crippen LogP contribution is -1.70. The Morgan fingerprint density at radius 1 is 1.86 bits per heavy atom. The Hall–Kier alpha value is -0.195. The molecule has 2 radical (unpaired) electrons. The molecule has 0 saturated heterocycles. The molecule has 0 heterocycles. The van der Waals surface area contributed by atoms with Gasteiger partial charge >= 0.3 is 0 Å². The zero-order valence-electron chi connectivity index (χ0n) is 4.43. The normalized spacial score (nSPS) is 37.7. The average molecular weight is 92.0 g/mol. The molecular formula is C6H9B. The van der Waals surface area contributed by atoms with Gasteiger partial charge in [-0.2, -0.15) is 0 Å². The van der Waals surface area contributed by atoms with Gasteiger partial charge in [-0.05, 0) is 12.3 Å². The van der Waals surface area contributed by atoms with Gasteiger partial charge in [-0.15, -0.1) is 6.58 Å². The fraction of sp³-hybridized carbons (Fsp3) is 0.667. The SMILES string of the molecule is [B]C1CC1CC=C. The Morgan fingerprint density at radius 2 is 2.43 bits per heavy atom. The quantitative estimate of drug-likeness (QED) is 0.358. The predicted octanol–water partition coefficient (Wildman–Crippen LogP) is 1.54. The summed E-state index contributed by atoms with van der Waals surface area (Å²) in [6, 6.07) is 0.